The normalized spacial score (nSPS) is 15.5. The van der Waals surface area contributed by atoms with Gasteiger partial charge in [-0.1, -0.05) is 12.1 Å². The van der Waals surface area contributed by atoms with Crippen molar-refractivity contribution in [1.29, 1.82) is 0 Å². The van der Waals surface area contributed by atoms with E-state index in [1.807, 2.05) is 6.07 Å². The van der Waals surface area contributed by atoms with E-state index in [4.69, 9.17) is 4.74 Å². The molecular formula is C17H22N4O3. The zero-order valence-electron chi connectivity index (χ0n) is 13.6. The molecule has 128 valence electrons. The van der Waals surface area contributed by atoms with Gasteiger partial charge in [0, 0.05) is 25.0 Å². The molecule has 1 fully saturated rings. The minimum Gasteiger partial charge on any atom is -0.379 e. The Labute approximate surface area is 140 Å². The van der Waals surface area contributed by atoms with Crippen molar-refractivity contribution in [3.05, 3.63) is 40.7 Å². The number of benzene rings is 1. The summed E-state index contributed by atoms with van der Waals surface area (Å²) >= 11 is 0. The second-order valence-corrected chi connectivity index (χ2v) is 5.84. The van der Waals surface area contributed by atoms with Crippen molar-refractivity contribution in [3.8, 4) is 0 Å². The van der Waals surface area contributed by atoms with E-state index >= 15 is 0 Å². The van der Waals surface area contributed by atoms with Crippen LogP contribution in [0.15, 0.2) is 35.3 Å². The first-order chi connectivity index (χ1) is 11.7. The summed E-state index contributed by atoms with van der Waals surface area (Å²) in [6.45, 7) is 5.20. The fraction of sp³-hybridized carbons (Fsp3) is 0.471. The number of rotatable bonds is 6. The fourth-order valence-corrected chi connectivity index (χ4v) is 2.83. The molecule has 0 spiro atoms. The van der Waals surface area contributed by atoms with E-state index < -0.39 is 0 Å². The monoisotopic (exact) mass is 330 g/mol. The number of hydrogen-bond donors (Lipinski definition) is 1. The van der Waals surface area contributed by atoms with Gasteiger partial charge in [-0.3, -0.25) is 19.2 Å². The van der Waals surface area contributed by atoms with Crippen molar-refractivity contribution in [3.63, 3.8) is 0 Å². The summed E-state index contributed by atoms with van der Waals surface area (Å²) < 4.78 is 6.87. The largest absolute Gasteiger partial charge is 0.379 e. The average Bonchev–Trinajstić information content (AvgIpc) is 2.62. The molecule has 3 rings (SSSR count). The molecule has 1 aliphatic heterocycles. The maximum atomic E-state index is 12.1. The number of fused-ring (bicyclic) bond motifs is 1. The predicted molar refractivity (Wildman–Crippen MR) is 90.9 cm³/mol. The summed E-state index contributed by atoms with van der Waals surface area (Å²) in [5.74, 6) is -0.0988. The van der Waals surface area contributed by atoms with E-state index in [2.05, 4.69) is 15.3 Å². The third-order valence-corrected chi connectivity index (χ3v) is 4.13. The molecule has 7 heteroatoms. The summed E-state index contributed by atoms with van der Waals surface area (Å²) in [5.41, 5.74) is 0.543. The van der Waals surface area contributed by atoms with Crippen molar-refractivity contribution in [2.45, 2.75) is 13.0 Å². The van der Waals surface area contributed by atoms with Crippen LogP contribution in [0.25, 0.3) is 10.9 Å². The molecule has 1 aromatic carbocycles. The second-order valence-electron chi connectivity index (χ2n) is 5.84. The molecule has 1 amide bonds. The molecule has 0 atom stereocenters. The van der Waals surface area contributed by atoms with Gasteiger partial charge in [-0.2, -0.15) is 5.10 Å². The highest BCUT2D eigenvalue weighted by Gasteiger charge is 2.10. The quantitative estimate of drug-likeness (QED) is 0.768. The Bertz CT molecular complexity index is 753. The maximum absolute atomic E-state index is 12.1. The summed E-state index contributed by atoms with van der Waals surface area (Å²) in [5, 5.41) is 7.56. The number of hydrogen-bond acceptors (Lipinski definition) is 5. The van der Waals surface area contributed by atoms with Gasteiger partial charge in [-0.25, -0.2) is 0 Å². The van der Waals surface area contributed by atoms with Crippen LogP contribution in [0.2, 0.25) is 0 Å². The van der Waals surface area contributed by atoms with Crippen LogP contribution in [0.4, 0.5) is 0 Å². The topological polar surface area (TPSA) is 76.5 Å². The highest BCUT2D eigenvalue weighted by molar-refractivity contribution is 5.81. The molecule has 1 aromatic heterocycles. The minimum absolute atomic E-state index is 0.0988. The lowest BCUT2D eigenvalue weighted by Crippen LogP contribution is -2.38. The van der Waals surface area contributed by atoms with Gasteiger partial charge in [0.25, 0.3) is 0 Å². The van der Waals surface area contributed by atoms with E-state index in [9.17, 15) is 9.59 Å². The van der Waals surface area contributed by atoms with Crippen LogP contribution in [0.5, 0.6) is 0 Å². The molecule has 0 radical (unpaired) electrons. The lowest BCUT2D eigenvalue weighted by molar-refractivity contribution is -0.121. The van der Waals surface area contributed by atoms with Crippen LogP contribution in [-0.2, 0) is 16.1 Å². The van der Waals surface area contributed by atoms with Crippen molar-refractivity contribution in [1.82, 2.24) is 20.0 Å². The fourth-order valence-electron chi connectivity index (χ4n) is 2.83. The maximum Gasteiger partial charge on any atom is 0.241 e. The molecule has 7 nitrogen and oxygen atoms in total. The smallest absolute Gasteiger partial charge is 0.241 e. The number of carbonyl (C=O) groups excluding carboxylic acids is 1. The number of para-hydroxylation sites is 1. The standard InChI is InChI=1S/C17H22N4O3/c22-16-12-19-21(15-5-2-1-4-14(15)16)13-17(23)18-6-3-7-20-8-10-24-11-9-20/h1-2,4-5,12H,3,6-11,13H2,(H,18,23). The number of aromatic nitrogens is 2. The van der Waals surface area contributed by atoms with Crippen LogP contribution in [0, 0.1) is 0 Å². The number of ether oxygens (including phenoxy) is 1. The molecule has 0 saturated carbocycles. The van der Waals surface area contributed by atoms with Gasteiger partial charge in [0.15, 0.2) is 0 Å². The zero-order chi connectivity index (χ0) is 16.8. The predicted octanol–water partition coefficient (Wildman–Crippen LogP) is 0.235. The first-order valence-corrected chi connectivity index (χ1v) is 8.26. The Kier molecular flexibility index (Phi) is 5.55. The summed E-state index contributed by atoms with van der Waals surface area (Å²) in [6, 6.07) is 7.19. The lowest BCUT2D eigenvalue weighted by Gasteiger charge is -2.26. The summed E-state index contributed by atoms with van der Waals surface area (Å²) in [7, 11) is 0. The number of morpholine rings is 1. The third-order valence-electron chi connectivity index (χ3n) is 4.13. The van der Waals surface area contributed by atoms with Crippen molar-refractivity contribution in [2.75, 3.05) is 39.4 Å². The van der Waals surface area contributed by atoms with E-state index in [1.54, 1.807) is 22.9 Å². The second kappa shape index (κ2) is 8.03. The van der Waals surface area contributed by atoms with Gasteiger partial charge < -0.3 is 10.1 Å². The van der Waals surface area contributed by atoms with Gasteiger partial charge in [-0.15, -0.1) is 0 Å². The van der Waals surface area contributed by atoms with Gasteiger partial charge in [-0.05, 0) is 25.1 Å². The van der Waals surface area contributed by atoms with E-state index in [1.165, 1.54) is 6.20 Å². The SMILES string of the molecule is O=C(Cn1ncc(=O)c2ccccc21)NCCCN1CCOCC1. The Morgan fingerprint density at radius 2 is 2.04 bits per heavy atom. The van der Waals surface area contributed by atoms with Crippen LogP contribution in [-0.4, -0.2) is 60.0 Å². The molecular weight excluding hydrogens is 308 g/mol. The first-order valence-electron chi connectivity index (χ1n) is 8.26. The van der Waals surface area contributed by atoms with Gasteiger partial charge in [0.2, 0.25) is 11.3 Å². The molecule has 2 aromatic rings. The van der Waals surface area contributed by atoms with Gasteiger partial charge in [0.05, 0.1) is 24.9 Å². The van der Waals surface area contributed by atoms with E-state index in [-0.39, 0.29) is 17.9 Å². The Balaban J connectivity index is 1.50. The van der Waals surface area contributed by atoms with E-state index in [0.29, 0.717) is 17.4 Å². The summed E-state index contributed by atoms with van der Waals surface area (Å²) in [6.07, 6.45) is 2.16. The number of amides is 1. The molecule has 1 saturated heterocycles. The van der Waals surface area contributed by atoms with Crippen LogP contribution >= 0.6 is 0 Å². The molecule has 0 unspecified atom stereocenters. The third kappa shape index (κ3) is 4.18. The van der Waals surface area contributed by atoms with Crippen molar-refractivity contribution >= 4 is 16.8 Å². The summed E-state index contributed by atoms with van der Waals surface area (Å²) in [4.78, 5) is 26.2. The van der Waals surface area contributed by atoms with Crippen LogP contribution < -0.4 is 10.7 Å². The first kappa shape index (κ1) is 16.6. The Hall–Kier alpha value is -2.25. The Morgan fingerprint density at radius 1 is 1.25 bits per heavy atom. The lowest BCUT2D eigenvalue weighted by atomic mass is 10.2. The zero-order valence-corrected chi connectivity index (χ0v) is 13.6. The number of carbonyl (C=O) groups is 1. The Morgan fingerprint density at radius 3 is 2.88 bits per heavy atom. The molecule has 2 heterocycles. The molecule has 0 bridgehead atoms. The molecule has 0 aliphatic carbocycles. The van der Waals surface area contributed by atoms with E-state index in [0.717, 1.165) is 39.3 Å². The number of nitrogens with one attached hydrogen (secondary N) is 1. The van der Waals surface area contributed by atoms with Crippen LogP contribution in [0.3, 0.4) is 0 Å². The van der Waals surface area contributed by atoms with Gasteiger partial charge >= 0.3 is 0 Å². The molecule has 1 aliphatic rings. The highest BCUT2D eigenvalue weighted by Crippen LogP contribution is 2.07. The van der Waals surface area contributed by atoms with Crippen molar-refractivity contribution in [2.24, 2.45) is 0 Å². The minimum atomic E-state index is -0.132. The average molecular weight is 330 g/mol. The van der Waals surface area contributed by atoms with Crippen molar-refractivity contribution < 1.29 is 9.53 Å². The van der Waals surface area contributed by atoms with Crippen LogP contribution in [0.1, 0.15) is 6.42 Å². The highest BCUT2D eigenvalue weighted by atomic mass is 16.5. The molecule has 1 N–H and O–H groups in total. The number of nitrogens with zero attached hydrogens (tertiary/aromatic N) is 3. The van der Waals surface area contributed by atoms with Gasteiger partial charge in [0.1, 0.15) is 6.54 Å². The molecule has 24 heavy (non-hydrogen) atoms.